The number of esters is 1. The Morgan fingerprint density at radius 3 is 3.00 bits per heavy atom. The Balaban J connectivity index is 2.14. The SMILES string of the molecule is CCCOCCC(=O)OC1=CCCCCC1. The second kappa shape index (κ2) is 8.34. The van der Waals surface area contributed by atoms with Crippen LogP contribution in [-0.4, -0.2) is 19.2 Å². The summed E-state index contributed by atoms with van der Waals surface area (Å²) in [4.78, 5) is 11.4. The largest absolute Gasteiger partial charge is 0.431 e. The molecular weight excluding hydrogens is 204 g/mol. The lowest BCUT2D eigenvalue weighted by Crippen LogP contribution is -2.08. The van der Waals surface area contributed by atoms with Crippen molar-refractivity contribution in [3.63, 3.8) is 0 Å². The molecule has 0 spiro atoms. The minimum atomic E-state index is -0.163. The molecule has 0 amide bonds. The van der Waals surface area contributed by atoms with E-state index in [4.69, 9.17) is 9.47 Å². The molecule has 0 saturated heterocycles. The highest BCUT2D eigenvalue weighted by atomic mass is 16.5. The van der Waals surface area contributed by atoms with Crippen LogP contribution in [0.15, 0.2) is 11.8 Å². The van der Waals surface area contributed by atoms with Gasteiger partial charge in [-0.25, -0.2) is 0 Å². The zero-order valence-corrected chi connectivity index (χ0v) is 10.2. The van der Waals surface area contributed by atoms with Crippen molar-refractivity contribution in [3.05, 3.63) is 11.8 Å². The summed E-state index contributed by atoms with van der Waals surface area (Å²) in [5, 5.41) is 0. The lowest BCUT2D eigenvalue weighted by atomic mass is 10.2. The fourth-order valence-corrected chi connectivity index (χ4v) is 1.68. The normalized spacial score (nSPS) is 16.4. The van der Waals surface area contributed by atoms with Crippen LogP contribution >= 0.6 is 0 Å². The zero-order chi connectivity index (χ0) is 11.6. The average molecular weight is 226 g/mol. The van der Waals surface area contributed by atoms with Gasteiger partial charge >= 0.3 is 5.97 Å². The van der Waals surface area contributed by atoms with Crippen LogP contribution in [0.2, 0.25) is 0 Å². The standard InChI is InChI=1S/C13H22O3/c1-2-10-15-11-9-13(14)16-12-7-5-3-4-6-8-12/h7H,2-6,8-11H2,1H3. The Kier molecular flexibility index (Phi) is 6.90. The van der Waals surface area contributed by atoms with E-state index in [1.807, 2.05) is 0 Å². The molecule has 0 radical (unpaired) electrons. The lowest BCUT2D eigenvalue weighted by Gasteiger charge is -2.07. The quantitative estimate of drug-likeness (QED) is 0.515. The molecule has 1 aliphatic carbocycles. The van der Waals surface area contributed by atoms with Crippen LogP contribution < -0.4 is 0 Å². The summed E-state index contributed by atoms with van der Waals surface area (Å²) in [6.45, 7) is 3.24. The van der Waals surface area contributed by atoms with Gasteiger partial charge in [0, 0.05) is 13.0 Å². The van der Waals surface area contributed by atoms with Gasteiger partial charge in [-0.1, -0.05) is 13.3 Å². The number of carbonyl (C=O) groups is 1. The van der Waals surface area contributed by atoms with E-state index >= 15 is 0 Å². The monoisotopic (exact) mass is 226 g/mol. The third-order valence-electron chi connectivity index (χ3n) is 2.54. The van der Waals surface area contributed by atoms with E-state index in [2.05, 4.69) is 13.0 Å². The van der Waals surface area contributed by atoms with Gasteiger partial charge in [-0.05, 0) is 31.8 Å². The molecule has 0 aromatic rings. The van der Waals surface area contributed by atoms with Crippen molar-refractivity contribution in [1.29, 1.82) is 0 Å². The van der Waals surface area contributed by atoms with Crippen molar-refractivity contribution in [2.24, 2.45) is 0 Å². The van der Waals surface area contributed by atoms with Crippen molar-refractivity contribution in [3.8, 4) is 0 Å². The summed E-state index contributed by atoms with van der Waals surface area (Å²) in [5.41, 5.74) is 0. The predicted octanol–water partition coefficient (Wildman–Crippen LogP) is 3.19. The van der Waals surface area contributed by atoms with Gasteiger partial charge in [0.1, 0.15) is 5.76 Å². The summed E-state index contributed by atoms with van der Waals surface area (Å²) >= 11 is 0. The molecule has 92 valence electrons. The predicted molar refractivity (Wildman–Crippen MR) is 63.0 cm³/mol. The molecule has 0 heterocycles. The molecule has 0 atom stereocenters. The number of hydrogen-bond donors (Lipinski definition) is 0. The van der Waals surface area contributed by atoms with Crippen molar-refractivity contribution >= 4 is 5.97 Å². The smallest absolute Gasteiger partial charge is 0.313 e. The van der Waals surface area contributed by atoms with Gasteiger partial charge in [-0.2, -0.15) is 0 Å². The van der Waals surface area contributed by atoms with E-state index in [0.29, 0.717) is 13.0 Å². The van der Waals surface area contributed by atoms with Crippen molar-refractivity contribution in [2.75, 3.05) is 13.2 Å². The first-order chi connectivity index (χ1) is 7.83. The highest BCUT2D eigenvalue weighted by molar-refractivity contribution is 5.70. The van der Waals surface area contributed by atoms with Crippen LogP contribution in [0.25, 0.3) is 0 Å². The molecule has 1 rings (SSSR count). The van der Waals surface area contributed by atoms with Crippen molar-refractivity contribution in [2.45, 2.75) is 51.9 Å². The van der Waals surface area contributed by atoms with Gasteiger partial charge < -0.3 is 9.47 Å². The molecule has 0 aromatic heterocycles. The maximum atomic E-state index is 11.4. The van der Waals surface area contributed by atoms with E-state index in [-0.39, 0.29) is 5.97 Å². The average Bonchev–Trinajstić information content (AvgIpc) is 2.53. The molecule has 3 nitrogen and oxygen atoms in total. The first-order valence-electron chi connectivity index (χ1n) is 6.30. The maximum absolute atomic E-state index is 11.4. The fraction of sp³-hybridized carbons (Fsp3) is 0.769. The van der Waals surface area contributed by atoms with Crippen LogP contribution in [0, 0.1) is 0 Å². The first kappa shape index (κ1) is 13.2. The van der Waals surface area contributed by atoms with Gasteiger partial charge in [-0.3, -0.25) is 4.79 Å². The van der Waals surface area contributed by atoms with E-state index < -0.39 is 0 Å². The molecular formula is C13H22O3. The number of hydrogen-bond acceptors (Lipinski definition) is 3. The Morgan fingerprint density at radius 1 is 1.31 bits per heavy atom. The molecule has 0 bridgehead atoms. The van der Waals surface area contributed by atoms with Crippen LogP contribution in [0.1, 0.15) is 51.9 Å². The number of carbonyl (C=O) groups excluding carboxylic acids is 1. The molecule has 0 fully saturated rings. The second-order valence-electron chi connectivity index (χ2n) is 4.11. The molecule has 0 N–H and O–H groups in total. The van der Waals surface area contributed by atoms with Gasteiger partial charge in [-0.15, -0.1) is 0 Å². The number of rotatable bonds is 6. The van der Waals surface area contributed by atoms with Crippen molar-refractivity contribution < 1.29 is 14.3 Å². The summed E-state index contributed by atoms with van der Waals surface area (Å²) in [6.07, 6.45) is 8.91. The topological polar surface area (TPSA) is 35.5 Å². The van der Waals surface area contributed by atoms with Crippen LogP contribution in [-0.2, 0) is 14.3 Å². The van der Waals surface area contributed by atoms with Crippen molar-refractivity contribution in [1.82, 2.24) is 0 Å². The molecule has 0 saturated carbocycles. The van der Waals surface area contributed by atoms with E-state index in [0.717, 1.165) is 38.0 Å². The number of ether oxygens (including phenoxy) is 2. The summed E-state index contributed by atoms with van der Waals surface area (Å²) in [7, 11) is 0. The molecule has 16 heavy (non-hydrogen) atoms. The third kappa shape index (κ3) is 5.91. The van der Waals surface area contributed by atoms with Gasteiger partial charge in [0.25, 0.3) is 0 Å². The zero-order valence-electron chi connectivity index (χ0n) is 10.2. The Bertz CT molecular complexity index is 233. The van der Waals surface area contributed by atoms with Crippen LogP contribution in [0.3, 0.4) is 0 Å². The highest BCUT2D eigenvalue weighted by Gasteiger charge is 2.09. The van der Waals surface area contributed by atoms with E-state index in [9.17, 15) is 4.79 Å². The Morgan fingerprint density at radius 2 is 2.19 bits per heavy atom. The van der Waals surface area contributed by atoms with Gasteiger partial charge in [0.15, 0.2) is 0 Å². The lowest BCUT2D eigenvalue weighted by molar-refractivity contribution is -0.140. The third-order valence-corrected chi connectivity index (χ3v) is 2.54. The second-order valence-corrected chi connectivity index (χ2v) is 4.11. The fourth-order valence-electron chi connectivity index (χ4n) is 1.68. The maximum Gasteiger partial charge on any atom is 0.313 e. The number of allylic oxidation sites excluding steroid dienone is 2. The first-order valence-corrected chi connectivity index (χ1v) is 6.30. The summed E-state index contributed by atoms with van der Waals surface area (Å²) in [6, 6.07) is 0. The van der Waals surface area contributed by atoms with Crippen LogP contribution in [0.5, 0.6) is 0 Å². The van der Waals surface area contributed by atoms with E-state index in [1.54, 1.807) is 0 Å². The van der Waals surface area contributed by atoms with Gasteiger partial charge in [0.05, 0.1) is 13.0 Å². The van der Waals surface area contributed by atoms with Gasteiger partial charge in [0.2, 0.25) is 0 Å². The minimum Gasteiger partial charge on any atom is -0.431 e. The molecule has 0 unspecified atom stereocenters. The molecule has 3 heteroatoms. The molecule has 0 aromatic carbocycles. The minimum absolute atomic E-state index is 0.163. The van der Waals surface area contributed by atoms with Crippen LogP contribution in [0.4, 0.5) is 0 Å². The summed E-state index contributed by atoms with van der Waals surface area (Å²) < 4.78 is 10.5. The molecule has 1 aliphatic rings. The molecule has 0 aliphatic heterocycles. The Hall–Kier alpha value is -0.830. The van der Waals surface area contributed by atoms with E-state index in [1.165, 1.54) is 12.8 Å². The Labute approximate surface area is 97.8 Å². The highest BCUT2D eigenvalue weighted by Crippen LogP contribution is 2.18. The summed E-state index contributed by atoms with van der Waals surface area (Å²) in [5.74, 6) is 0.697.